The first-order valence-electron chi connectivity index (χ1n) is 5.41. The molecule has 0 aromatic heterocycles. The Kier molecular flexibility index (Phi) is 3.71. The van der Waals surface area contributed by atoms with Gasteiger partial charge in [0.1, 0.15) is 11.5 Å². The number of rotatable bonds is 3. The highest BCUT2D eigenvalue weighted by Gasteiger charge is 2.21. The molecule has 1 aliphatic rings. The van der Waals surface area contributed by atoms with Crippen molar-refractivity contribution in [2.24, 2.45) is 0 Å². The molecule has 1 aromatic rings. The lowest BCUT2D eigenvalue weighted by Crippen LogP contribution is -2.14. The fraction of sp³-hybridized carbons (Fsp3) is 0.500. The molecular weight excluding hydrogens is 270 g/mol. The van der Waals surface area contributed by atoms with Gasteiger partial charge < -0.3 is 14.8 Å². The molecule has 1 aliphatic heterocycles. The van der Waals surface area contributed by atoms with E-state index in [-0.39, 0.29) is 0 Å². The summed E-state index contributed by atoms with van der Waals surface area (Å²) in [6.07, 6.45) is 2.37. The van der Waals surface area contributed by atoms with E-state index < -0.39 is 0 Å². The molecular formula is C12H16BrNO2. The molecule has 1 heterocycles. The van der Waals surface area contributed by atoms with Crippen molar-refractivity contribution in [1.29, 1.82) is 0 Å². The van der Waals surface area contributed by atoms with Gasteiger partial charge in [0.05, 0.1) is 18.7 Å². The van der Waals surface area contributed by atoms with Gasteiger partial charge in [0.2, 0.25) is 0 Å². The highest BCUT2D eigenvalue weighted by molar-refractivity contribution is 9.10. The van der Waals surface area contributed by atoms with Crippen molar-refractivity contribution in [3.63, 3.8) is 0 Å². The molecule has 0 saturated carbocycles. The number of benzene rings is 1. The topological polar surface area (TPSA) is 30.5 Å². The standard InChI is InChI=1S/C12H16BrNO2/c1-15-11-7-9(13)12(16-2)6-8(11)10-4-3-5-14-10/h6-7,10,14H,3-5H2,1-2H3/t10-/m1/s1. The van der Waals surface area contributed by atoms with Crippen molar-refractivity contribution in [3.8, 4) is 11.5 Å². The molecule has 0 aliphatic carbocycles. The highest BCUT2D eigenvalue weighted by atomic mass is 79.9. The van der Waals surface area contributed by atoms with Crippen LogP contribution < -0.4 is 14.8 Å². The van der Waals surface area contributed by atoms with E-state index in [1.807, 2.05) is 12.1 Å². The summed E-state index contributed by atoms with van der Waals surface area (Å²) in [5.41, 5.74) is 1.18. The van der Waals surface area contributed by atoms with Crippen LogP contribution in [-0.4, -0.2) is 20.8 Å². The zero-order valence-corrected chi connectivity index (χ0v) is 11.1. The van der Waals surface area contributed by atoms with Gasteiger partial charge in [-0.3, -0.25) is 0 Å². The third-order valence-electron chi connectivity index (χ3n) is 2.94. The van der Waals surface area contributed by atoms with Crippen molar-refractivity contribution >= 4 is 15.9 Å². The van der Waals surface area contributed by atoms with Crippen LogP contribution in [0.25, 0.3) is 0 Å². The van der Waals surface area contributed by atoms with E-state index in [2.05, 4.69) is 21.2 Å². The largest absolute Gasteiger partial charge is 0.496 e. The third kappa shape index (κ3) is 2.18. The molecule has 0 radical (unpaired) electrons. The Hall–Kier alpha value is -0.740. The molecule has 1 fully saturated rings. The van der Waals surface area contributed by atoms with Crippen LogP contribution in [0.1, 0.15) is 24.4 Å². The summed E-state index contributed by atoms with van der Waals surface area (Å²) in [7, 11) is 3.38. The van der Waals surface area contributed by atoms with Crippen molar-refractivity contribution < 1.29 is 9.47 Å². The fourth-order valence-corrected chi connectivity index (χ4v) is 2.59. The average molecular weight is 286 g/mol. The average Bonchev–Trinajstić information content (AvgIpc) is 2.82. The molecule has 16 heavy (non-hydrogen) atoms. The minimum atomic E-state index is 0.386. The lowest BCUT2D eigenvalue weighted by molar-refractivity contribution is 0.391. The lowest BCUT2D eigenvalue weighted by Gasteiger charge is -2.17. The van der Waals surface area contributed by atoms with Crippen LogP contribution >= 0.6 is 15.9 Å². The lowest BCUT2D eigenvalue weighted by atomic mass is 10.0. The normalized spacial score (nSPS) is 19.8. The van der Waals surface area contributed by atoms with Gasteiger partial charge in [0.25, 0.3) is 0 Å². The summed E-state index contributed by atoms with van der Waals surface area (Å²) in [5.74, 6) is 1.76. The van der Waals surface area contributed by atoms with E-state index >= 15 is 0 Å². The Morgan fingerprint density at radius 1 is 1.25 bits per heavy atom. The highest BCUT2D eigenvalue weighted by Crippen LogP contribution is 2.38. The zero-order valence-electron chi connectivity index (χ0n) is 9.55. The second-order valence-corrected chi connectivity index (χ2v) is 4.73. The van der Waals surface area contributed by atoms with Crippen LogP contribution in [0.15, 0.2) is 16.6 Å². The molecule has 0 unspecified atom stereocenters. The fourth-order valence-electron chi connectivity index (χ4n) is 2.11. The maximum Gasteiger partial charge on any atom is 0.133 e. The van der Waals surface area contributed by atoms with E-state index in [0.717, 1.165) is 28.9 Å². The number of halogens is 1. The van der Waals surface area contributed by atoms with E-state index in [4.69, 9.17) is 9.47 Å². The quantitative estimate of drug-likeness (QED) is 0.926. The van der Waals surface area contributed by atoms with Gasteiger partial charge in [-0.25, -0.2) is 0 Å². The number of methoxy groups -OCH3 is 2. The van der Waals surface area contributed by atoms with Gasteiger partial charge in [-0.2, -0.15) is 0 Å². The summed E-state index contributed by atoms with van der Waals surface area (Å²) in [4.78, 5) is 0. The number of ether oxygens (including phenoxy) is 2. The van der Waals surface area contributed by atoms with Gasteiger partial charge in [0, 0.05) is 11.6 Å². The minimum Gasteiger partial charge on any atom is -0.496 e. The first-order chi connectivity index (χ1) is 7.76. The summed E-state index contributed by atoms with van der Waals surface area (Å²) >= 11 is 3.47. The van der Waals surface area contributed by atoms with Crippen LogP contribution in [0.5, 0.6) is 11.5 Å². The van der Waals surface area contributed by atoms with E-state index in [9.17, 15) is 0 Å². The molecule has 88 valence electrons. The maximum atomic E-state index is 5.41. The molecule has 1 saturated heterocycles. The van der Waals surface area contributed by atoms with Gasteiger partial charge in [-0.05, 0) is 47.4 Å². The zero-order chi connectivity index (χ0) is 11.5. The molecule has 1 atom stereocenters. The second kappa shape index (κ2) is 5.06. The Morgan fingerprint density at radius 3 is 2.56 bits per heavy atom. The van der Waals surface area contributed by atoms with Gasteiger partial charge in [-0.1, -0.05) is 0 Å². The third-order valence-corrected chi connectivity index (χ3v) is 3.56. The Labute approximate surface area is 104 Å². The van der Waals surface area contributed by atoms with Crippen molar-refractivity contribution in [1.82, 2.24) is 5.32 Å². The number of hydrogen-bond donors (Lipinski definition) is 1. The van der Waals surface area contributed by atoms with Gasteiger partial charge in [0.15, 0.2) is 0 Å². The van der Waals surface area contributed by atoms with Crippen molar-refractivity contribution in [2.75, 3.05) is 20.8 Å². The van der Waals surface area contributed by atoms with E-state index in [0.29, 0.717) is 6.04 Å². The van der Waals surface area contributed by atoms with Crippen molar-refractivity contribution in [2.45, 2.75) is 18.9 Å². The van der Waals surface area contributed by atoms with E-state index in [1.54, 1.807) is 14.2 Å². The van der Waals surface area contributed by atoms with E-state index in [1.165, 1.54) is 12.0 Å². The van der Waals surface area contributed by atoms with Crippen LogP contribution in [0.4, 0.5) is 0 Å². The minimum absolute atomic E-state index is 0.386. The first kappa shape index (κ1) is 11.7. The maximum absolute atomic E-state index is 5.41. The predicted molar refractivity (Wildman–Crippen MR) is 67.2 cm³/mol. The summed E-state index contributed by atoms with van der Waals surface area (Å²) in [6.45, 7) is 1.08. The summed E-state index contributed by atoms with van der Waals surface area (Å²) < 4.78 is 11.7. The first-order valence-corrected chi connectivity index (χ1v) is 6.20. The molecule has 1 N–H and O–H groups in total. The molecule has 1 aromatic carbocycles. The Bertz CT molecular complexity index is 376. The second-order valence-electron chi connectivity index (χ2n) is 3.88. The predicted octanol–water partition coefficient (Wildman–Crippen LogP) is 2.89. The molecule has 2 rings (SSSR count). The number of nitrogens with one attached hydrogen (secondary N) is 1. The SMILES string of the molecule is COc1cc([C@H]2CCCN2)c(OC)cc1Br. The molecule has 0 bridgehead atoms. The molecule has 0 spiro atoms. The van der Waals surface area contributed by atoms with Gasteiger partial charge in [-0.15, -0.1) is 0 Å². The van der Waals surface area contributed by atoms with Gasteiger partial charge >= 0.3 is 0 Å². The Balaban J connectivity index is 2.40. The number of hydrogen-bond acceptors (Lipinski definition) is 3. The molecule has 0 amide bonds. The molecule has 4 heteroatoms. The smallest absolute Gasteiger partial charge is 0.133 e. The van der Waals surface area contributed by atoms with Crippen LogP contribution in [0.3, 0.4) is 0 Å². The summed E-state index contributed by atoms with van der Waals surface area (Å²) in [5, 5.41) is 3.47. The van der Waals surface area contributed by atoms with Crippen LogP contribution in [0.2, 0.25) is 0 Å². The van der Waals surface area contributed by atoms with Crippen molar-refractivity contribution in [3.05, 3.63) is 22.2 Å². The van der Waals surface area contributed by atoms with Crippen LogP contribution in [-0.2, 0) is 0 Å². The molecule has 3 nitrogen and oxygen atoms in total. The Morgan fingerprint density at radius 2 is 2.00 bits per heavy atom. The van der Waals surface area contributed by atoms with Crippen LogP contribution in [0, 0.1) is 0 Å². The monoisotopic (exact) mass is 285 g/mol. The summed E-state index contributed by atoms with van der Waals surface area (Å²) in [6, 6.07) is 4.40.